The molecule has 1 aromatic carbocycles. The molecule has 2 rings (SSSR count). The van der Waals surface area contributed by atoms with Crippen molar-refractivity contribution in [3.05, 3.63) is 42.0 Å². The highest BCUT2D eigenvalue weighted by molar-refractivity contribution is 14.0. The normalized spacial score (nSPS) is 15.4. The molecule has 2 N–H and O–H groups in total. The fraction of sp³-hybridized carbons (Fsp3) is 0.524. The smallest absolute Gasteiger partial charge is 0.221 e. The second-order valence-corrected chi connectivity index (χ2v) is 6.67. The molecule has 0 bridgehead atoms. The maximum atomic E-state index is 11.7. The van der Waals surface area contributed by atoms with Crippen LogP contribution in [0.1, 0.15) is 25.3 Å². The molecular formula is C21H34IN5O. The fourth-order valence-electron chi connectivity index (χ4n) is 3.02. The van der Waals surface area contributed by atoms with Crippen LogP contribution in [0, 0.1) is 0 Å². The molecule has 1 aromatic rings. The van der Waals surface area contributed by atoms with E-state index in [1.54, 1.807) is 7.05 Å². The number of nitrogens with one attached hydrogen (secondary N) is 2. The molecule has 0 aliphatic carbocycles. The maximum absolute atomic E-state index is 11.7. The number of nitrogens with zero attached hydrogens (tertiary/aromatic N) is 3. The Labute approximate surface area is 186 Å². The number of carbonyl (C=O) groups excluding carboxylic acids is 1. The minimum absolute atomic E-state index is 0. The number of benzene rings is 1. The summed E-state index contributed by atoms with van der Waals surface area (Å²) in [5.74, 6) is 0.979. The van der Waals surface area contributed by atoms with Crippen LogP contribution in [0.15, 0.2) is 41.4 Å². The molecule has 1 fully saturated rings. The molecule has 0 aromatic heterocycles. The van der Waals surface area contributed by atoms with Crippen molar-refractivity contribution in [3.63, 3.8) is 0 Å². The molecule has 156 valence electrons. The lowest BCUT2D eigenvalue weighted by Gasteiger charge is -2.36. The Bertz CT molecular complexity index is 612. The molecule has 0 atom stereocenters. The van der Waals surface area contributed by atoms with Gasteiger partial charge in [0.05, 0.1) is 0 Å². The Morgan fingerprint density at radius 3 is 2.46 bits per heavy atom. The van der Waals surface area contributed by atoms with Gasteiger partial charge in [0, 0.05) is 59.3 Å². The van der Waals surface area contributed by atoms with Crippen molar-refractivity contribution >= 4 is 41.9 Å². The molecule has 1 aliphatic heterocycles. The van der Waals surface area contributed by atoms with Crippen molar-refractivity contribution in [3.8, 4) is 0 Å². The third-order valence-electron chi connectivity index (χ3n) is 4.56. The van der Waals surface area contributed by atoms with E-state index in [9.17, 15) is 4.79 Å². The summed E-state index contributed by atoms with van der Waals surface area (Å²) in [4.78, 5) is 20.8. The van der Waals surface area contributed by atoms with Gasteiger partial charge in [0.25, 0.3) is 0 Å². The van der Waals surface area contributed by atoms with Gasteiger partial charge >= 0.3 is 0 Å². The van der Waals surface area contributed by atoms with E-state index < -0.39 is 0 Å². The summed E-state index contributed by atoms with van der Waals surface area (Å²) in [6.45, 7) is 8.29. The Morgan fingerprint density at radius 1 is 1.11 bits per heavy atom. The number of hydrogen-bond donors (Lipinski definition) is 2. The highest BCUT2D eigenvalue weighted by Gasteiger charge is 2.18. The van der Waals surface area contributed by atoms with Gasteiger partial charge in [0.1, 0.15) is 0 Å². The van der Waals surface area contributed by atoms with Crippen LogP contribution < -0.4 is 10.6 Å². The van der Waals surface area contributed by atoms with Crippen LogP contribution in [-0.4, -0.2) is 74.5 Å². The van der Waals surface area contributed by atoms with Gasteiger partial charge < -0.3 is 15.5 Å². The number of guanidine groups is 1. The first-order chi connectivity index (χ1) is 13.2. The molecular weight excluding hydrogens is 465 g/mol. The van der Waals surface area contributed by atoms with Gasteiger partial charge in [-0.05, 0) is 12.0 Å². The first-order valence-electron chi connectivity index (χ1n) is 9.89. The van der Waals surface area contributed by atoms with Gasteiger partial charge in [0.2, 0.25) is 5.91 Å². The van der Waals surface area contributed by atoms with Gasteiger partial charge in [-0.25, -0.2) is 0 Å². The van der Waals surface area contributed by atoms with E-state index in [0.29, 0.717) is 13.0 Å². The Morgan fingerprint density at radius 2 is 1.82 bits per heavy atom. The summed E-state index contributed by atoms with van der Waals surface area (Å²) in [7, 11) is 1.80. The lowest BCUT2D eigenvalue weighted by Crippen LogP contribution is -2.52. The first kappa shape index (κ1) is 24.4. The van der Waals surface area contributed by atoms with Crippen LogP contribution >= 0.6 is 24.0 Å². The summed E-state index contributed by atoms with van der Waals surface area (Å²) < 4.78 is 0. The predicted molar refractivity (Wildman–Crippen MR) is 128 cm³/mol. The standard InChI is InChI=1S/C21H33N5O.HI/c1-3-12-23-20(27)11-13-24-21(22-2)26-17-15-25(16-18-26)14-7-10-19-8-5-4-6-9-19;/h4-10H,3,11-18H2,1-2H3,(H,22,24)(H,23,27);1H. The second kappa shape index (κ2) is 14.4. The zero-order valence-electron chi connectivity index (χ0n) is 17.1. The molecule has 7 heteroatoms. The van der Waals surface area contributed by atoms with E-state index >= 15 is 0 Å². The molecule has 28 heavy (non-hydrogen) atoms. The summed E-state index contributed by atoms with van der Waals surface area (Å²) in [5.41, 5.74) is 1.24. The van der Waals surface area contributed by atoms with Crippen molar-refractivity contribution in [2.45, 2.75) is 19.8 Å². The highest BCUT2D eigenvalue weighted by atomic mass is 127. The average molecular weight is 499 g/mol. The average Bonchev–Trinajstić information content (AvgIpc) is 2.71. The number of hydrogen-bond acceptors (Lipinski definition) is 3. The highest BCUT2D eigenvalue weighted by Crippen LogP contribution is 2.05. The Kier molecular flexibility index (Phi) is 12.6. The molecule has 1 heterocycles. The van der Waals surface area contributed by atoms with E-state index in [2.05, 4.69) is 68.8 Å². The molecule has 0 spiro atoms. The lowest BCUT2D eigenvalue weighted by atomic mass is 10.2. The van der Waals surface area contributed by atoms with E-state index in [4.69, 9.17) is 0 Å². The van der Waals surface area contributed by atoms with Crippen LogP contribution in [0.4, 0.5) is 0 Å². The largest absolute Gasteiger partial charge is 0.356 e. The first-order valence-corrected chi connectivity index (χ1v) is 9.89. The second-order valence-electron chi connectivity index (χ2n) is 6.67. The topological polar surface area (TPSA) is 60.0 Å². The third-order valence-corrected chi connectivity index (χ3v) is 4.56. The molecule has 1 amide bonds. The Hall–Kier alpha value is -1.61. The SMILES string of the molecule is CCCNC(=O)CCNC(=NC)N1CCN(CC=Cc2ccccc2)CC1.I. The summed E-state index contributed by atoms with van der Waals surface area (Å²) >= 11 is 0. The van der Waals surface area contributed by atoms with E-state index in [-0.39, 0.29) is 29.9 Å². The third kappa shape index (κ3) is 9.05. The number of carbonyl (C=O) groups is 1. The van der Waals surface area contributed by atoms with Crippen LogP contribution in [0.25, 0.3) is 6.08 Å². The van der Waals surface area contributed by atoms with Gasteiger partial charge in [-0.1, -0.05) is 49.4 Å². The van der Waals surface area contributed by atoms with Gasteiger partial charge in [-0.2, -0.15) is 0 Å². The van der Waals surface area contributed by atoms with E-state index in [1.165, 1.54) is 5.56 Å². The summed E-state index contributed by atoms with van der Waals surface area (Å²) in [5, 5.41) is 6.20. The van der Waals surface area contributed by atoms with Gasteiger partial charge in [0.15, 0.2) is 5.96 Å². The molecule has 0 unspecified atom stereocenters. The number of rotatable bonds is 8. The van der Waals surface area contributed by atoms with Crippen LogP contribution in [0.5, 0.6) is 0 Å². The summed E-state index contributed by atoms with van der Waals surface area (Å²) in [6, 6.07) is 10.4. The number of piperazine rings is 1. The molecule has 6 nitrogen and oxygen atoms in total. The monoisotopic (exact) mass is 499 g/mol. The van der Waals surface area contributed by atoms with Crippen molar-refractivity contribution in [2.75, 3.05) is 52.9 Å². The minimum atomic E-state index is 0. The number of amides is 1. The van der Waals surface area contributed by atoms with Crippen LogP contribution in [0.2, 0.25) is 0 Å². The van der Waals surface area contributed by atoms with E-state index in [0.717, 1.165) is 51.6 Å². The fourth-order valence-corrected chi connectivity index (χ4v) is 3.02. The van der Waals surface area contributed by atoms with Crippen molar-refractivity contribution in [1.82, 2.24) is 20.4 Å². The molecule has 1 saturated heterocycles. The van der Waals surface area contributed by atoms with Crippen LogP contribution in [0.3, 0.4) is 0 Å². The lowest BCUT2D eigenvalue weighted by molar-refractivity contribution is -0.120. The zero-order valence-corrected chi connectivity index (χ0v) is 19.4. The van der Waals surface area contributed by atoms with Crippen molar-refractivity contribution < 1.29 is 4.79 Å². The molecule has 0 radical (unpaired) electrons. The van der Waals surface area contributed by atoms with Crippen molar-refractivity contribution in [2.24, 2.45) is 4.99 Å². The molecule has 1 aliphatic rings. The Balaban J connectivity index is 0.00000392. The number of aliphatic imine (C=N–C) groups is 1. The number of halogens is 1. The quantitative estimate of drug-likeness (QED) is 0.328. The summed E-state index contributed by atoms with van der Waals surface area (Å²) in [6.07, 6.45) is 5.85. The maximum Gasteiger partial charge on any atom is 0.221 e. The minimum Gasteiger partial charge on any atom is -0.356 e. The van der Waals surface area contributed by atoms with Gasteiger partial charge in [-0.3, -0.25) is 14.7 Å². The van der Waals surface area contributed by atoms with Crippen molar-refractivity contribution in [1.29, 1.82) is 0 Å². The zero-order chi connectivity index (χ0) is 19.3. The van der Waals surface area contributed by atoms with Crippen LogP contribution in [-0.2, 0) is 4.79 Å². The van der Waals surface area contributed by atoms with Gasteiger partial charge in [-0.15, -0.1) is 24.0 Å². The molecule has 0 saturated carbocycles. The van der Waals surface area contributed by atoms with E-state index in [1.807, 2.05) is 6.07 Å². The predicted octanol–water partition coefficient (Wildman–Crippen LogP) is 2.43.